The van der Waals surface area contributed by atoms with E-state index in [2.05, 4.69) is 15.1 Å². The van der Waals surface area contributed by atoms with Crippen molar-refractivity contribution in [2.75, 3.05) is 39.4 Å². The normalized spacial score (nSPS) is 21.5. The molecule has 1 aromatic carbocycles. The number of hydrogen-bond donors (Lipinski definition) is 2. The fourth-order valence-corrected chi connectivity index (χ4v) is 4.43. The van der Waals surface area contributed by atoms with Gasteiger partial charge in [0, 0.05) is 31.9 Å². The molecule has 0 bridgehead atoms. The van der Waals surface area contributed by atoms with Crippen molar-refractivity contribution in [3.05, 3.63) is 58.2 Å². The number of amides is 1. The van der Waals surface area contributed by atoms with Gasteiger partial charge in [0.25, 0.3) is 11.7 Å². The Morgan fingerprint density at radius 2 is 1.88 bits per heavy atom. The van der Waals surface area contributed by atoms with Gasteiger partial charge in [0.15, 0.2) is 0 Å². The fraction of sp³-hybridized carbons (Fsp3) is 0.435. The number of rotatable bonds is 6. The monoisotopic (exact) mass is 442 g/mol. The van der Waals surface area contributed by atoms with E-state index in [1.807, 2.05) is 0 Å². The van der Waals surface area contributed by atoms with Crippen LogP contribution in [0.3, 0.4) is 0 Å². The summed E-state index contributed by atoms with van der Waals surface area (Å²) in [6.07, 6.45) is 0.661. The Hall–Kier alpha value is -3.04. The summed E-state index contributed by atoms with van der Waals surface area (Å²) in [5, 5.41) is 18.0. The zero-order valence-electron chi connectivity index (χ0n) is 18.2. The molecule has 0 aliphatic carbocycles. The van der Waals surface area contributed by atoms with Crippen molar-refractivity contribution in [3.8, 4) is 0 Å². The van der Waals surface area contributed by atoms with Gasteiger partial charge in [-0.05, 0) is 38.0 Å². The maximum Gasteiger partial charge on any atom is 0.295 e. The number of ketones is 1. The molecule has 8 nitrogen and oxygen atoms in total. The number of aliphatic hydroxyl groups excluding tert-OH is 1. The second-order valence-corrected chi connectivity index (χ2v) is 8.16. The van der Waals surface area contributed by atoms with Crippen LogP contribution in [0.15, 0.2) is 29.8 Å². The van der Waals surface area contributed by atoms with Crippen molar-refractivity contribution in [3.63, 3.8) is 0 Å². The van der Waals surface area contributed by atoms with E-state index < -0.39 is 23.5 Å². The van der Waals surface area contributed by atoms with Crippen molar-refractivity contribution in [1.29, 1.82) is 0 Å². The van der Waals surface area contributed by atoms with Crippen LogP contribution in [0.25, 0.3) is 5.76 Å². The Bertz CT molecular complexity index is 1020. The molecule has 32 heavy (non-hydrogen) atoms. The number of aliphatic hydroxyl groups is 1. The number of benzene rings is 1. The van der Waals surface area contributed by atoms with Gasteiger partial charge < -0.3 is 14.7 Å². The average Bonchev–Trinajstić information content (AvgIpc) is 3.25. The minimum Gasteiger partial charge on any atom is -0.507 e. The van der Waals surface area contributed by atoms with Gasteiger partial charge in [-0.15, -0.1) is 0 Å². The zero-order chi connectivity index (χ0) is 22.8. The number of ether oxygens (including phenoxy) is 1. The lowest BCUT2D eigenvalue weighted by atomic mass is 9.94. The summed E-state index contributed by atoms with van der Waals surface area (Å²) in [6.45, 7) is 7.59. The molecule has 2 aromatic rings. The number of H-pyrrole nitrogens is 1. The largest absolute Gasteiger partial charge is 0.507 e. The van der Waals surface area contributed by atoms with Crippen molar-refractivity contribution in [2.45, 2.75) is 26.3 Å². The van der Waals surface area contributed by atoms with Crippen LogP contribution in [0.2, 0.25) is 0 Å². The molecular weight excluding hydrogens is 415 g/mol. The van der Waals surface area contributed by atoms with Gasteiger partial charge in [0.05, 0.1) is 36.1 Å². The summed E-state index contributed by atoms with van der Waals surface area (Å²) in [6, 6.07) is 4.87. The predicted molar refractivity (Wildman–Crippen MR) is 115 cm³/mol. The Morgan fingerprint density at radius 1 is 1.19 bits per heavy atom. The van der Waals surface area contributed by atoms with Crippen molar-refractivity contribution in [1.82, 2.24) is 20.0 Å². The number of hydrogen-bond acceptors (Lipinski definition) is 6. The van der Waals surface area contributed by atoms with Gasteiger partial charge in [-0.25, -0.2) is 4.39 Å². The number of aromatic nitrogens is 2. The van der Waals surface area contributed by atoms with E-state index >= 15 is 0 Å². The summed E-state index contributed by atoms with van der Waals surface area (Å²) >= 11 is 0. The molecule has 1 atom stereocenters. The number of morpholine rings is 1. The fourth-order valence-electron chi connectivity index (χ4n) is 4.43. The third-order valence-electron chi connectivity index (χ3n) is 6.07. The Morgan fingerprint density at radius 3 is 2.50 bits per heavy atom. The van der Waals surface area contributed by atoms with Crippen molar-refractivity contribution < 1.29 is 23.8 Å². The van der Waals surface area contributed by atoms with Crippen LogP contribution in [-0.4, -0.2) is 76.2 Å². The van der Waals surface area contributed by atoms with E-state index in [-0.39, 0.29) is 11.3 Å². The summed E-state index contributed by atoms with van der Waals surface area (Å²) in [7, 11) is 0. The summed E-state index contributed by atoms with van der Waals surface area (Å²) < 4.78 is 18.9. The first-order chi connectivity index (χ1) is 15.4. The first kappa shape index (κ1) is 22.2. The van der Waals surface area contributed by atoms with Crippen LogP contribution < -0.4 is 0 Å². The molecule has 9 heteroatoms. The number of carbonyl (C=O) groups excluding carboxylic acids is 2. The van der Waals surface area contributed by atoms with E-state index in [1.165, 1.54) is 17.0 Å². The lowest BCUT2D eigenvalue weighted by molar-refractivity contribution is -0.140. The van der Waals surface area contributed by atoms with Crippen molar-refractivity contribution in [2.24, 2.45) is 0 Å². The lowest BCUT2D eigenvalue weighted by Crippen LogP contribution is -2.38. The molecule has 2 N–H and O–H groups in total. The van der Waals surface area contributed by atoms with Gasteiger partial charge in [-0.1, -0.05) is 12.1 Å². The molecule has 2 fully saturated rings. The number of aryl methyl sites for hydroxylation is 2. The Kier molecular flexibility index (Phi) is 6.38. The molecule has 0 spiro atoms. The molecule has 3 heterocycles. The minimum absolute atomic E-state index is 0.000538. The van der Waals surface area contributed by atoms with Gasteiger partial charge in [-0.2, -0.15) is 5.10 Å². The molecule has 1 amide bonds. The number of likely N-dealkylation sites (tertiary alicyclic amines) is 1. The molecule has 2 saturated heterocycles. The minimum atomic E-state index is -0.797. The van der Waals surface area contributed by atoms with Crippen LogP contribution in [0.4, 0.5) is 4.39 Å². The molecule has 2 aliphatic rings. The van der Waals surface area contributed by atoms with Crippen LogP contribution in [0.1, 0.15) is 35.0 Å². The third kappa shape index (κ3) is 4.18. The topological polar surface area (TPSA) is 98.8 Å². The zero-order valence-corrected chi connectivity index (χ0v) is 18.2. The third-order valence-corrected chi connectivity index (χ3v) is 6.07. The Labute approximate surface area is 185 Å². The van der Waals surface area contributed by atoms with E-state index in [4.69, 9.17) is 4.74 Å². The molecule has 2 aliphatic heterocycles. The number of aromatic amines is 1. The van der Waals surface area contributed by atoms with Gasteiger partial charge in [0.1, 0.15) is 11.6 Å². The molecule has 0 saturated carbocycles. The quantitative estimate of drug-likeness (QED) is 0.405. The SMILES string of the molecule is Cc1n[nH]c(C)c1/C(O)=C1\C(=O)C(=O)N(CCCN2CCOCC2)C1c1ccc(F)cc1. The van der Waals surface area contributed by atoms with Crippen molar-refractivity contribution >= 4 is 17.4 Å². The first-order valence-corrected chi connectivity index (χ1v) is 10.7. The van der Waals surface area contributed by atoms with Crippen LogP contribution >= 0.6 is 0 Å². The number of nitrogens with one attached hydrogen (secondary N) is 1. The van der Waals surface area contributed by atoms with Crippen LogP contribution in [0, 0.1) is 19.7 Å². The first-order valence-electron chi connectivity index (χ1n) is 10.7. The highest BCUT2D eigenvalue weighted by atomic mass is 19.1. The average molecular weight is 442 g/mol. The number of nitrogens with zero attached hydrogens (tertiary/aromatic N) is 3. The van der Waals surface area contributed by atoms with Gasteiger partial charge >= 0.3 is 0 Å². The number of carbonyl (C=O) groups is 2. The summed E-state index contributed by atoms with van der Waals surface area (Å²) in [4.78, 5) is 29.8. The summed E-state index contributed by atoms with van der Waals surface area (Å²) in [5.74, 6) is -2.10. The molecule has 4 rings (SSSR count). The second-order valence-electron chi connectivity index (χ2n) is 8.16. The number of Topliss-reactive ketones (excluding diaryl/α,β-unsaturated/α-hetero) is 1. The molecule has 1 aromatic heterocycles. The molecule has 1 unspecified atom stereocenters. The van der Waals surface area contributed by atoms with E-state index in [1.54, 1.807) is 26.0 Å². The standard InChI is InChI=1S/C23H27FN4O4/c1-14-18(15(2)26-25-14)21(29)19-20(16-4-6-17(24)7-5-16)28(23(31)22(19)30)9-3-8-27-10-12-32-13-11-27/h4-7,20,29H,3,8-13H2,1-2H3,(H,25,26)/b21-19+. The highest BCUT2D eigenvalue weighted by Gasteiger charge is 2.46. The molecule has 170 valence electrons. The smallest absolute Gasteiger partial charge is 0.295 e. The predicted octanol–water partition coefficient (Wildman–Crippen LogP) is 2.31. The van der Waals surface area contributed by atoms with E-state index in [9.17, 15) is 19.1 Å². The van der Waals surface area contributed by atoms with Crippen LogP contribution in [0.5, 0.6) is 0 Å². The van der Waals surface area contributed by atoms with Gasteiger partial charge in [-0.3, -0.25) is 19.6 Å². The second kappa shape index (κ2) is 9.22. The maximum atomic E-state index is 13.6. The van der Waals surface area contributed by atoms with E-state index in [0.717, 1.165) is 19.6 Å². The van der Waals surface area contributed by atoms with Gasteiger partial charge in [0.2, 0.25) is 0 Å². The molecule has 0 radical (unpaired) electrons. The summed E-state index contributed by atoms with van der Waals surface area (Å²) in [5.41, 5.74) is 2.09. The molecular formula is C23H27FN4O4. The highest BCUT2D eigenvalue weighted by molar-refractivity contribution is 6.46. The maximum absolute atomic E-state index is 13.6. The highest BCUT2D eigenvalue weighted by Crippen LogP contribution is 2.40. The number of halogens is 1. The van der Waals surface area contributed by atoms with E-state index in [0.29, 0.717) is 48.7 Å². The lowest BCUT2D eigenvalue weighted by Gasteiger charge is -2.29. The Balaban J connectivity index is 1.69. The van der Waals surface area contributed by atoms with Crippen LogP contribution in [-0.2, 0) is 14.3 Å².